The molecule has 0 atom stereocenters. The van der Waals surface area contributed by atoms with Crippen LogP contribution in [0.1, 0.15) is 0 Å². The lowest BCUT2D eigenvalue weighted by Gasteiger charge is -2.39. The fourth-order valence-corrected chi connectivity index (χ4v) is 36.8. The van der Waals surface area contributed by atoms with Crippen LogP contribution < -0.4 is 0 Å². The van der Waals surface area contributed by atoms with Gasteiger partial charge in [-0.05, 0) is 36.3 Å². The molecular weight excluding hydrogens is 300 g/mol. The van der Waals surface area contributed by atoms with Crippen LogP contribution in [0.5, 0.6) is 0 Å². The second-order valence-electron chi connectivity index (χ2n) is 5.83. The van der Waals surface area contributed by atoms with Gasteiger partial charge in [0.25, 0.3) is 0 Å². The van der Waals surface area contributed by atoms with Crippen LogP contribution in [0.4, 0.5) is 0 Å². The molecule has 0 aliphatic rings. The molecular formula is C18H31Si3. The van der Waals surface area contributed by atoms with Crippen molar-refractivity contribution in [3.05, 3.63) is 75.9 Å². The third kappa shape index (κ3) is 6.59. The minimum absolute atomic E-state index is 0.428. The Morgan fingerprint density at radius 1 is 0.476 bits per heavy atom. The third-order valence-corrected chi connectivity index (χ3v) is 30.7. The fourth-order valence-electron chi connectivity index (χ4n) is 3.23. The van der Waals surface area contributed by atoms with Crippen molar-refractivity contribution in [2.24, 2.45) is 0 Å². The smallest absolute Gasteiger partial charge is 0.0494 e. The van der Waals surface area contributed by atoms with Crippen molar-refractivity contribution in [3.63, 3.8) is 0 Å². The molecule has 115 valence electrons. The molecule has 0 heterocycles. The molecule has 0 saturated carbocycles. The van der Waals surface area contributed by atoms with E-state index < -0.39 is 15.2 Å². The Morgan fingerprint density at radius 2 is 0.667 bits per heavy atom. The van der Waals surface area contributed by atoms with Gasteiger partial charge in [0, 0.05) is 23.7 Å². The average Bonchev–Trinajstić information content (AvgIpc) is 2.40. The molecule has 0 N–H and O–H groups in total. The summed E-state index contributed by atoms with van der Waals surface area (Å²) >= 11 is 0. The van der Waals surface area contributed by atoms with Crippen LogP contribution >= 0.6 is 0 Å². The van der Waals surface area contributed by atoms with E-state index in [2.05, 4.69) is 75.9 Å². The van der Waals surface area contributed by atoms with E-state index in [1.165, 1.54) is 36.3 Å². The number of hydrogen-bond donors (Lipinski definition) is 0. The molecule has 0 nitrogen and oxygen atoms in total. The zero-order chi connectivity index (χ0) is 16.2. The Labute approximate surface area is 136 Å². The Kier molecular flexibility index (Phi) is 10.3. The Hall–Kier alpha value is -0.909. The van der Waals surface area contributed by atoms with E-state index in [-0.39, 0.29) is 0 Å². The lowest BCUT2D eigenvalue weighted by atomic mass is 10.7. The highest BCUT2D eigenvalue weighted by Crippen LogP contribution is 2.31. The average molecular weight is 332 g/mol. The second kappa shape index (κ2) is 10.8. The second-order valence-corrected chi connectivity index (χ2v) is 24.8. The zero-order valence-corrected chi connectivity index (χ0v) is 16.7. The van der Waals surface area contributed by atoms with Gasteiger partial charge < -0.3 is 0 Å². The van der Waals surface area contributed by atoms with Gasteiger partial charge in [0.05, 0.1) is 0 Å². The van der Waals surface area contributed by atoms with Crippen LogP contribution in [0.25, 0.3) is 0 Å². The Bertz CT molecular complexity index is 293. The van der Waals surface area contributed by atoms with Crippen LogP contribution in [0.2, 0.25) is 36.3 Å². The molecule has 0 rings (SSSR count). The third-order valence-electron chi connectivity index (χ3n) is 3.92. The van der Waals surface area contributed by atoms with E-state index in [0.29, 0.717) is 8.55 Å². The summed E-state index contributed by atoms with van der Waals surface area (Å²) < 4.78 is 0. The van der Waals surface area contributed by atoms with Crippen molar-refractivity contribution >= 4 is 23.7 Å². The maximum Gasteiger partial charge on any atom is 0.0494 e. The largest absolute Gasteiger partial charge is 0.103 e. The van der Waals surface area contributed by atoms with Crippen LogP contribution in [0.15, 0.2) is 75.9 Å². The van der Waals surface area contributed by atoms with E-state index in [4.69, 9.17) is 0 Å². The predicted octanol–water partition coefficient (Wildman–Crippen LogP) is 5.43. The van der Waals surface area contributed by atoms with Crippen molar-refractivity contribution in [1.82, 2.24) is 0 Å². The standard InChI is InChI=1S/C18H31Si3/c1-7-13-20(14-8-2,15-9-3)19-21(16-10-4,17-11-5)18-12-6/h7-12,19H,1-6,13-18H2. The molecule has 0 aromatic heterocycles. The summed E-state index contributed by atoms with van der Waals surface area (Å²) in [4.78, 5) is 0. The normalized spacial score (nSPS) is 11.4. The lowest BCUT2D eigenvalue weighted by Crippen LogP contribution is -2.56. The quantitative estimate of drug-likeness (QED) is 0.294. The van der Waals surface area contributed by atoms with Crippen LogP contribution in [0.3, 0.4) is 0 Å². The highest BCUT2D eigenvalue weighted by atomic mass is 29.6. The van der Waals surface area contributed by atoms with Crippen molar-refractivity contribution in [1.29, 1.82) is 0 Å². The number of allylic oxidation sites excluding steroid dienone is 6. The molecule has 0 aromatic rings. The van der Waals surface area contributed by atoms with Crippen LogP contribution in [-0.4, -0.2) is 23.7 Å². The van der Waals surface area contributed by atoms with Gasteiger partial charge in [-0.1, -0.05) is 36.5 Å². The number of rotatable bonds is 14. The molecule has 0 aliphatic heterocycles. The topological polar surface area (TPSA) is 0 Å². The van der Waals surface area contributed by atoms with Gasteiger partial charge in [-0.2, -0.15) is 0 Å². The first-order valence-corrected chi connectivity index (χ1v) is 16.5. The van der Waals surface area contributed by atoms with Crippen LogP contribution in [0, 0.1) is 0 Å². The minimum atomic E-state index is -1.40. The maximum absolute atomic E-state index is 4.01. The summed E-state index contributed by atoms with van der Waals surface area (Å²) in [5.41, 5.74) is 0. The fraction of sp³-hybridized carbons (Fsp3) is 0.333. The summed E-state index contributed by atoms with van der Waals surface area (Å²) in [5, 5.41) is 0. The van der Waals surface area contributed by atoms with Crippen molar-refractivity contribution in [2.75, 3.05) is 0 Å². The lowest BCUT2D eigenvalue weighted by molar-refractivity contribution is 1.40. The Balaban J connectivity index is 5.60. The van der Waals surface area contributed by atoms with Crippen molar-refractivity contribution in [2.45, 2.75) is 36.3 Å². The molecule has 3 heteroatoms. The van der Waals surface area contributed by atoms with Gasteiger partial charge >= 0.3 is 0 Å². The van der Waals surface area contributed by atoms with E-state index in [0.717, 1.165) is 0 Å². The number of hydrogen-bond acceptors (Lipinski definition) is 0. The minimum Gasteiger partial charge on any atom is -0.103 e. The molecule has 0 bridgehead atoms. The molecule has 0 saturated heterocycles. The van der Waals surface area contributed by atoms with Gasteiger partial charge in [-0.3, -0.25) is 0 Å². The monoisotopic (exact) mass is 331 g/mol. The van der Waals surface area contributed by atoms with E-state index in [9.17, 15) is 0 Å². The molecule has 1 radical (unpaired) electrons. The Morgan fingerprint density at radius 3 is 0.810 bits per heavy atom. The van der Waals surface area contributed by atoms with E-state index in [1.54, 1.807) is 0 Å². The molecule has 0 spiro atoms. The van der Waals surface area contributed by atoms with Gasteiger partial charge in [-0.15, -0.1) is 39.5 Å². The molecule has 0 unspecified atom stereocenters. The van der Waals surface area contributed by atoms with Gasteiger partial charge in [0.2, 0.25) is 0 Å². The van der Waals surface area contributed by atoms with E-state index >= 15 is 0 Å². The zero-order valence-electron chi connectivity index (χ0n) is 13.5. The van der Waals surface area contributed by atoms with Gasteiger partial charge in [0.15, 0.2) is 0 Å². The van der Waals surface area contributed by atoms with Crippen LogP contribution in [-0.2, 0) is 0 Å². The van der Waals surface area contributed by atoms with E-state index in [1.807, 2.05) is 0 Å². The van der Waals surface area contributed by atoms with Crippen molar-refractivity contribution < 1.29 is 0 Å². The highest BCUT2D eigenvalue weighted by molar-refractivity contribution is 7.54. The molecule has 0 aromatic carbocycles. The predicted molar refractivity (Wildman–Crippen MR) is 109 cm³/mol. The maximum atomic E-state index is 4.01. The van der Waals surface area contributed by atoms with Gasteiger partial charge in [-0.25, -0.2) is 0 Å². The van der Waals surface area contributed by atoms with Gasteiger partial charge in [0.1, 0.15) is 0 Å². The molecule has 0 amide bonds. The first kappa shape index (κ1) is 20.1. The summed E-state index contributed by atoms with van der Waals surface area (Å²) in [5.74, 6) is 0. The summed E-state index contributed by atoms with van der Waals surface area (Å²) in [6.45, 7) is 24.1. The highest BCUT2D eigenvalue weighted by Gasteiger charge is 2.40. The van der Waals surface area contributed by atoms with Crippen molar-refractivity contribution in [3.8, 4) is 0 Å². The summed E-state index contributed by atoms with van der Waals surface area (Å²) in [6.07, 6.45) is 12.8. The summed E-state index contributed by atoms with van der Waals surface area (Å²) in [6, 6.07) is 7.09. The molecule has 0 fully saturated rings. The molecule has 0 aliphatic carbocycles. The SMILES string of the molecule is C=CC[Si](CC=C)(CC=C)[SiH][Si](CC=C)(CC=C)CC=C. The molecule has 21 heavy (non-hydrogen) atoms. The first-order valence-electron chi connectivity index (χ1n) is 7.60. The first-order chi connectivity index (χ1) is 10.1. The summed E-state index contributed by atoms with van der Waals surface area (Å²) in [7, 11) is -2.36.